The largest absolute Gasteiger partial charge is 0.494 e. The van der Waals surface area contributed by atoms with Crippen molar-refractivity contribution in [1.82, 2.24) is 0 Å². The predicted octanol–water partition coefficient (Wildman–Crippen LogP) is 3.10. The van der Waals surface area contributed by atoms with Crippen LogP contribution in [0.4, 0.5) is 11.4 Å². The van der Waals surface area contributed by atoms with Gasteiger partial charge in [0.05, 0.1) is 29.7 Å². The van der Waals surface area contributed by atoms with Crippen LogP contribution in [-0.2, 0) is 10.0 Å². The zero-order valence-electron chi connectivity index (χ0n) is 14.0. The number of sulfonamides is 1. The predicted molar refractivity (Wildman–Crippen MR) is 95.5 cm³/mol. The van der Waals surface area contributed by atoms with Crippen molar-refractivity contribution in [3.8, 4) is 11.8 Å². The topological polar surface area (TPSA) is 114 Å². The van der Waals surface area contributed by atoms with Crippen LogP contribution in [0.2, 0.25) is 0 Å². The van der Waals surface area contributed by atoms with E-state index in [-0.39, 0.29) is 13.0 Å². The van der Waals surface area contributed by atoms with Crippen LogP contribution in [0.1, 0.15) is 13.3 Å². The zero-order valence-corrected chi connectivity index (χ0v) is 14.8. The van der Waals surface area contributed by atoms with Crippen molar-refractivity contribution in [2.45, 2.75) is 18.2 Å². The van der Waals surface area contributed by atoms with Crippen LogP contribution in [-0.4, -0.2) is 26.5 Å². The van der Waals surface area contributed by atoms with Crippen LogP contribution in [0.25, 0.3) is 0 Å². The lowest BCUT2D eigenvalue weighted by Crippen LogP contribution is -2.32. The Balaban J connectivity index is 2.52. The average Bonchev–Trinajstić information content (AvgIpc) is 2.63. The number of anilines is 1. The third-order valence-electron chi connectivity index (χ3n) is 3.49. The van der Waals surface area contributed by atoms with Crippen LogP contribution in [0, 0.1) is 21.4 Å². The van der Waals surface area contributed by atoms with Crippen LogP contribution in [0.15, 0.2) is 53.4 Å². The quantitative estimate of drug-likeness (QED) is 0.517. The lowest BCUT2D eigenvalue weighted by atomic mass is 10.3. The SMILES string of the molecule is CCOc1ccc(N(CCC#N)S(=O)(=O)c2ccccc2[N+](=O)[O-])cc1. The summed E-state index contributed by atoms with van der Waals surface area (Å²) in [5.41, 5.74) is -0.220. The second kappa shape index (κ2) is 8.31. The maximum absolute atomic E-state index is 13.1. The standard InChI is InChI=1S/C17H17N3O5S/c1-2-25-15-10-8-14(9-11-15)19(13-5-12-18)26(23,24)17-7-4-3-6-16(17)20(21)22/h3-4,6-11H,2,5,13H2,1H3. The molecule has 0 heterocycles. The van der Waals surface area contributed by atoms with E-state index < -0.39 is 25.5 Å². The van der Waals surface area contributed by atoms with E-state index in [1.54, 1.807) is 12.1 Å². The summed E-state index contributed by atoms with van der Waals surface area (Å²) in [6.07, 6.45) is -0.0624. The van der Waals surface area contributed by atoms with Gasteiger partial charge in [0.25, 0.3) is 15.7 Å². The molecule has 0 atom stereocenters. The number of nitrogens with zero attached hydrogens (tertiary/aromatic N) is 3. The van der Waals surface area contributed by atoms with E-state index in [9.17, 15) is 18.5 Å². The van der Waals surface area contributed by atoms with E-state index in [1.807, 2.05) is 13.0 Å². The monoisotopic (exact) mass is 375 g/mol. The molecule has 2 rings (SSSR count). The average molecular weight is 375 g/mol. The number of para-hydroxylation sites is 1. The maximum atomic E-state index is 13.1. The van der Waals surface area contributed by atoms with Gasteiger partial charge < -0.3 is 4.74 Å². The summed E-state index contributed by atoms with van der Waals surface area (Å²) in [6, 6.07) is 13.3. The minimum absolute atomic E-state index is 0.0624. The number of nitro benzene ring substituents is 1. The number of nitro groups is 1. The summed E-state index contributed by atoms with van der Waals surface area (Å²) < 4.78 is 32.4. The first kappa shape index (κ1) is 19.2. The molecule has 0 radical (unpaired) electrons. The molecule has 136 valence electrons. The van der Waals surface area contributed by atoms with Crippen LogP contribution in [0.5, 0.6) is 5.75 Å². The molecule has 0 spiro atoms. The van der Waals surface area contributed by atoms with Crippen molar-refractivity contribution in [2.75, 3.05) is 17.5 Å². The molecule has 0 unspecified atom stereocenters. The van der Waals surface area contributed by atoms with Gasteiger partial charge in [-0.25, -0.2) is 8.42 Å². The fourth-order valence-electron chi connectivity index (χ4n) is 2.36. The number of benzene rings is 2. The van der Waals surface area contributed by atoms with Crippen molar-refractivity contribution in [3.63, 3.8) is 0 Å². The van der Waals surface area contributed by atoms with Gasteiger partial charge in [-0.05, 0) is 37.3 Å². The molecule has 0 bridgehead atoms. The molecule has 0 aliphatic carbocycles. The second-order valence-electron chi connectivity index (χ2n) is 5.14. The summed E-state index contributed by atoms with van der Waals surface area (Å²) in [7, 11) is -4.23. The van der Waals surface area contributed by atoms with E-state index in [4.69, 9.17) is 10.00 Å². The molecular formula is C17H17N3O5S. The van der Waals surface area contributed by atoms with Crippen molar-refractivity contribution >= 4 is 21.4 Å². The van der Waals surface area contributed by atoms with Crippen LogP contribution in [0.3, 0.4) is 0 Å². The molecule has 0 N–H and O–H groups in total. The Hall–Kier alpha value is -3.12. The van der Waals surface area contributed by atoms with E-state index in [1.165, 1.54) is 30.3 Å². The molecular weight excluding hydrogens is 358 g/mol. The van der Waals surface area contributed by atoms with E-state index in [0.717, 1.165) is 10.4 Å². The molecule has 0 aliphatic rings. The summed E-state index contributed by atoms with van der Waals surface area (Å²) in [5, 5.41) is 20.1. The number of hydrogen-bond acceptors (Lipinski definition) is 6. The highest BCUT2D eigenvalue weighted by Gasteiger charge is 2.31. The number of ether oxygens (including phenoxy) is 1. The molecule has 0 saturated carbocycles. The highest BCUT2D eigenvalue weighted by molar-refractivity contribution is 7.93. The molecule has 26 heavy (non-hydrogen) atoms. The van der Waals surface area contributed by atoms with Gasteiger partial charge in [0.15, 0.2) is 4.90 Å². The highest BCUT2D eigenvalue weighted by Crippen LogP contribution is 2.30. The minimum Gasteiger partial charge on any atom is -0.494 e. The molecule has 0 aromatic heterocycles. The van der Waals surface area contributed by atoms with Gasteiger partial charge in [0, 0.05) is 12.6 Å². The number of rotatable bonds is 8. The van der Waals surface area contributed by atoms with Crippen molar-refractivity contribution in [3.05, 3.63) is 58.6 Å². The molecule has 2 aromatic rings. The first-order valence-electron chi connectivity index (χ1n) is 7.77. The van der Waals surface area contributed by atoms with Gasteiger partial charge in [-0.15, -0.1) is 0 Å². The normalized spacial score (nSPS) is 10.8. The number of hydrogen-bond donors (Lipinski definition) is 0. The second-order valence-corrected chi connectivity index (χ2v) is 6.97. The lowest BCUT2D eigenvalue weighted by Gasteiger charge is -2.23. The van der Waals surface area contributed by atoms with E-state index >= 15 is 0 Å². The Morgan fingerprint density at radius 1 is 1.19 bits per heavy atom. The molecule has 2 aromatic carbocycles. The van der Waals surface area contributed by atoms with Gasteiger partial charge >= 0.3 is 0 Å². The fraction of sp³-hybridized carbons (Fsp3) is 0.235. The minimum atomic E-state index is -4.23. The third-order valence-corrected chi connectivity index (χ3v) is 5.37. The van der Waals surface area contributed by atoms with Gasteiger partial charge in [-0.1, -0.05) is 12.1 Å². The van der Waals surface area contributed by atoms with Crippen molar-refractivity contribution < 1.29 is 18.1 Å². The first-order chi connectivity index (χ1) is 12.4. The highest BCUT2D eigenvalue weighted by atomic mass is 32.2. The Bertz CT molecular complexity index is 920. The smallest absolute Gasteiger partial charge is 0.289 e. The van der Waals surface area contributed by atoms with E-state index in [2.05, 4.69) is 0 Å². The molecule has 0 aliphatic heterocycles. The van der Waals surface area contributed by atoms with Gasteiger partial charge in [0.1, 0.15) is 5.75 Å². The fourth-order valence-corrected chi connectivity index (χ4v) is 3.99. The van der Waals surface area contributed by atoms with Gasteiger partial charge in [0.2, 0.25) is 0 Å². The Morgan fingerprint density at radius 3 is 2.42 bits per heavy atom. The molecule has 0 fully saturated rings. The van der Waals surface area contributed by atoms with Gasteiger partial charge in [-0.3, -0.25) is 14.4 Å². The van der Waals surface area contributed by atoms with E-state index in [0.29, 0.717) is 18.0 Å². The van der Waals surface area contributed by atoms with Crippen molar-refractivity contribution in [1.29, 1.82) is 5.26 Å². The Labute approximate surface area is 151 Å². The van der Waals surface area contributed by atoms with Crippen LogP contribution < -0.4 is 9.04 Å². The zero-order chi connectivity index (χ0) is 19.2. The first-order valence-corrected chi connectivity index (χ1v) is 9.21. The summed E-state index contributed by atoms with van der Waals surface area (Å²) in [5.74, 6) is 0.569. The molecule has 0 amide bonds. The summed E-state index contributed by atoms with van der Waals surface area (Å²) >= 11 is 0. The Kier molecular flexibility index (Phi) is 6.14. The third kappa shape index (κ3) is 4.10. The van der Waals surface area contributed by atoms with Crippen molar-refractivity contribution in [2.24, 2.45) is 0 Å². The molecule has 0 saturated heterocycles. The van der Waals surface area contributed by atoms with Gasteiger partial charge in [-0.2, -0.15) is 5.26 Å². The molecule has 9 heteroatoms. The summed E-state index contributed by atoms with van der Waals surface area (Å²) in [4.78, 5) is 10.0. The molecule has 8 nitrogen and oxygen atoms in total. The maximum Gasteiger partial charge on any atom is 0.289 e. The number of nitriles is 1. The summed E-state index contributed by atoms with van der Waals surface area (Å²) in [6.45, 7) is 2.16. The van der Waals surface area contributed by atoms with Crippen LogP contribution >= 0.6 is 0 Å². The Morgan fingerprint density at radius 2 is 1.85 bits per heavy atom. The lowest BCUT2D eigenvalue weighted by molar-refractivity contribution is -0.387.